The van der Waals surface area contributed by atoms with Crippen molar-refractivity contribution in [1.29, 1.82) is 0 Å². The van der Waals surface area contributed by atoms with E-state index in [1.807, 2.05) is 13.8 Å². The van der Waals surface area contributed by atoms with Gasteiger partial charge in [-0.3, -0.25) is 4.99 Å². The van der Waals surface area contributed by atoms with Crippen molar-refractivity contribution < 1.29 is 9.26 Å². The number of ether oxygens (including phenoxy) is 1. The second-order valence-electron chi connectivity index (χ2n) is 6.92. The number of likely N-dealkylation sites (tertiary alicyclic amines) is 1. The normalized spacial score (nSPS) is 16.2. The van der Waals surface area contributed by atoms with E-state index in [0.29, 0.717) is 6.04 Å². The molecule has 7 nitrogen and oxygen atoms in total. The van der Waals surface area contributed by atoms with Gasteiger partial charge in [0.05, 0.1) is 5.69 Å². The fourth-order valence-electron chi connectivity index (χ4n) is 3.39. The molecule has 2 rings (SSSR count). The average Bonchev–Trinajstić information content (AvgIpc) is 2.95. The van der Waals surface area contributed by atoms with Gasteiger partial charge in [-0.2, -0.15) is 0 Å². The number of nitrogens with zero attached hydrogens (tertiary/aromatic N) is 3. The lowest BCUT2D eigenvalue weighted by molar-refractivity contribution is 0.155. The molecule has 27 heavy (non-hydrogen) atoms. The van der Waals surface area contributed by atoms with Gasteiger partial charge in [-0.15, -0.1) is 24.0 Å². The van der Waals surface area contributed by atoms with Crippen LogP contribution < -0.4 is 10.6 Å². The zero-order valence-electron chi connectivity index (χ0n) is 17.2. The molecule has 8 heteroatoms. The van der Waals surface area contributed by atoms with Crippen molar-refractivity contribution in [2.75, 3.05) is 46.4 Å². The highest BCUT2D eigenvalue weighted by molar-refractivity contribution is 14.0. The molecule has 0 saturated carbocycles. The Hall–Kier alpha value is -0.870. The van der Waals surface area contributed by atoms with Crippen LogP contribution in [0.25, 0.3) is 0 Å². The van der Waals surface area contributed by atoms with Crippen LogP contribution in [0.2, 0.25) is 0 Å². The third-order valence-corrected chi connectivity index (χ3v) is 4.91. The summed E-state index contributed by atoms with van der Waals surface area (Å²) in [6.07, 6.45) is 4.28. The van der Waals surface area contributed by atoms with E-state index in [4.69, 9.17) is 14.3 Å². The molecule has 1 aromatic rings. The topological polar surface area (TPSA) is 74.9 Å². The summed E-state index contributed by atoms with van der Waals surface area (Å²) in [7, 11) is 1.77. The molecule has 1 fully saturated rings. The van der Waals surface area contributed by atoms with E-state index in [2.05, 4.69) is 27.6 Å². The predicted octanol–water partition coefficient (Wildman–Crippen LogP) is 2.51. The van der Waals surface area contributed by atoms with E-state index < -0.39 is 0 Å². The van der Waals surface area contributed by atoms with Crippen LogP contribution in [0, 0.1) is 13.8 Å². The minimum Gasteiger partial charge on any atom is -0.385 e. The molecule has 0 aliphatic carbocycles. The highest BCUT2D eigenvalue weighted by Gasteiger charge is 2.19. The van der Waals surface area contributed by atoms with Gasteiger partial charge in [0, 0.05) is 58.0 Å². The van der Waals surface area contributed by atoms with Gasteiger partial charge in [0.15, 0.2) is 5.96 Å². The maximum Gasteiger partial charge on any atom is 0.191 e. The summed E-state index contributed by atoms with van der Waals surface area (Å²) in [6.45, 7) is 11.9. The number of piperidine rings is 1. The molecular formula is C19H36IN5O2. The molecule has 0 aromatic carbocycles. The van der Waals surface area contributed by atoms with E-state index in [9.17, 15) is 0 Å². The van der Waals surface area contributed by atoms with Crippen molar-refractivity contribution in [3.63, 3.8) is 0 Å². The Labute approximate surface area is 180 Å². The molecular weight excluding hydrogens is 457 g/mol. The molecule has 0 amide bonds. The van der Waals surface area contributed by atoms with Crippen molar-refractivity contribution >= 4 is 29.9 Å². The second-order valence-corrected chi connectivity index (χ2v) is 6.92. The van der Waals surface area contributed by atoms with Gasteiger partial charge in [-0.1, -0.05) is 5.16 Å². The lowest BCUT2D eigenvalue weighted by Gasteiger charge is -2.33. The summed E-state index contributed by atoms with van der Waals surface area (Å²) in [6, 6.07) is 0.491. The molecule has 1 aliphatic rings. The number of halogens is 1. The maximum absolute atomic E-state index is 5.22. The Balaban J connectivity index is 0.00000364. The number of methoxy groups -OCH3 is 1. The standard InChI is InChI=1S/C19H35N5O2.HI/c1-5-20-19(21-10-7-18-15(2)23-26-16(18)3)22-17-8-12-24(13-9-17)11-6-14-25-4;/h17H,5-14H2,1-4H3,(H2,20,21,22);1H. The first kappa shape index (κ1) is 24.2. The number of guanidine groups is 1. The van der Waals surface area contributed by atoms with Crippen LogP contribution in [0.4, 0.5) is 0 Å². The zero-order chi connectivity index (χ0) is 18.8. The van der Waals surface area contributed by atoms with Crippen LogP contribution in [0.15, 0.2) is 9.52 Å². The number of aromatic nitrogens is 1. The van der Waals surface area contributed by atoms with Crippen molar-refractivity contribution in [2.24, 2.45) is 4.99 Å². The second kappa shape index (κ2) is 13.3. The van der Waals surface area contributed by atoms with E-state index >= 15 is 0 Å². The molecule has 156 valence electrons. The Bertz CT molecular complexity index is 537. The largest absolute Gasteiger partial charge is 0.385 e. The summed E-state index contributed by atoms with van der Waals surface area (Å²) in [5, 5.41) is 11.0. The summed E-state index contributed by atoms with van der Waals surface area (Å²) in [5.74, 6) is 1.81. The Morgan fingerprint density at radius 2 is 2.07 bits per heavy atom. The SMILES string of the molecule is CCNC(=NCCc1c(C)noc1C)NC1CCN(CCCOC)CC1.I. The van der Waals surface area contributed by atoms with Crippen LogP contribution in [0.1, 0.15) is 43.2 Å². The van der Waals surface area contributed by atoms with Crippen molar-refractivity contribution in [3.05, 3.63) is 17.0 Å². The fourth-order valence-corrected chi connectivity index (χ4v) is 3.39. The third-order valence-electron chi connectivity index (χ3n) is 4.91. The molecule has 0 spiro atoms. The lowest BCUT2D eigenvalue weighted by atomic mass is 10.1. The molecule has 0 radical (unpaired) electrons. The number of aliphatic imine (C=N–C) groups is 1. The number of rotatable bonds is 9. The molecule has 1 saturated heterocycles. The number of hydrogen-bond acceptors (Lipinski definition) is 5. The van der Waals surface area contributed by atoms with Crippen LogP contribution >= 0.6 is 24.0 Å². The molecule has 2 heterocycles. The summed E-state index contributed by atoms with van der Waals surface area (Å²) >= 11 is 0. The van der Waals surface area contributed by atoms with E-state index in [1.54, 1.807) is 7.11 Å². The van der Waals surface area contributed by atoms with Gasteiger partial charge in [0.25, 0.3) is 0 Å². The summed E-state index contributed by atoms with van der Waals surface area (Å²) < 4.78 is 10.4. The van der Waals surface area contributed by atoms with Crippen molar-refractivity contribution in [3.8, 4) is 0 Å². The summed E-state index contributed by atoms with van der Waals surface area (Å²) in [5.41, 5.74) is 2.14. The average molecular weight is 493 g/mol. The molecule has 0 bridgehead atoms. The Morgan fingerprint density at radius 1 is 1.33 bits per heavy atom. The van der Waals surface area contributed by atoms with Gasteiger partial charge >= 0.3 is 0 Å². The smallest absolute Gasteiger partial charge is 0.191 e. The lowest BCUT2D eigenvalue weighted by Crippen LogP contribution is -2.49. The first-order valence-corrected chi connectivity index (χ1v) is 9.82. The van der Waals surface area contributed by atoms with E-state index in [1.165, 1.54) is 5.56 Å². The van der Waals surface area contributed by atoms with Crippen molar-refractivity contribution in [2.45, 2.75) is 52.5 Å². The van der Waals surface area contributed by atoms with Crippen LogP contribution in [0.5, 0.6) is 0 Å². The Kier molecular flexibility index (Phi) is 11.9. The molecule has 0 atom stereocenters. The number of aryl methyl sites for hydroxylation is 2. The van der Waals surface area contributed by atoms with Gasteiger partial charge < -0.3 is 24.8 Å². The van der Waals surface area contributed by atoms with Crippen LogP contribution in [-0.2, 0) is 11.2 Å². The molecule has 2 N–H and O–H groups in total. The minimum atomic E-state index is 0. The first-order chi connectivity index (χ1) is 12.6. The zero-order valence-corrected chi connectivity index (χ0v) is 19.5. The van der Waals surface area contributed by atoms with Crippen LogP contribution in [-0.4, -0.2) is 68.5 Å². The van der Waals surface area contributed by atoms with Gasteiger partial charge in [-0.25, -0.2) is 0 Å². The highest BCUT2D eigenvalue weighted by atomic mass is 127. The highest BCUT2D eigenvalue weighted by Crippen LogP contribution is 2.13. The van der Waals surface area contributed by atoms with Crippen molar-refractivity contribution in [1.82, 2.24) is 20.7 Å². The van der Waals surface area contributed by atoms with Gasteiger partial charge in [-0.05, 0) is 46.5 Å². The number of nitrogens with one attached hydrogen (secondary N) is 2. The van der Waals surface area contributed by atoms with Crippen LogP contribution in [0.3, 0.4) is 0 Å². The predicted molar refractivity (Wildman–Crippen MR) is 120 cm³/mol. The fraction of sp³-hybridized carbons (Fsp3) is 0.789. The maximum atomic E-state index is 5.22. The van der Waals surface area contributed by atoms with Gasteiger partial charge in [0.2, 0.25) is 0 Å². The number of hydrogen-bond donors (Lipinski definition) is 2. The van der Waals surface area contributed by atoms with E-state index in [-0.39, 0.29) is 24.0 Å². The third kappa shape index (κ3) is 8.35. The molecule has 1 aliphatic heterocycles. The molecule has 1 aromatic heterocycles. The van der Waals surface area contributed by atoms with Gasteiger partial charge in [0.1, 0.15) is 5.76 Å². The van der Waals surface area contributed by atoms with E-state index in [0.717, 1.165) is 82.4 Å². The first-order valence-electron chi connectivity index (χ1n) is 9.82. The quantitative estimate of drug-likeness (QED) is 0.238. The summed E-state index contributed by atoms with van der Waals surface area (Å²) in [4.78, 5) is 7.27. The molecule has 0 unspecified atom stereocenters. The minimum absolute atomic E-state index is 0. The monoisotopic (exact) mass is 493 g/mol. The Morgan fingerprint density at radius 3 is 2.67 bits per heavy atom.